The van der Waals surface area contributed by atoms with Gasteiger partial charge in [0.15, 0.2) is 0 Å². The van der Waals surface area contributed by atoms with Crippen LogP contribution in [0.4, 0.5) is 0 Å². The minimum Gasteiger partial charge on any atom is -0.356 e. The topological polar surface area (TPSA) is 67.6 Å². The van der Waals surface area contributed by atoms with Crippen LogP contribution in [0, 0.1) is 0 Å². The van der Waals surface area contributed by atoms with E-state index in [2.05, 4.69) is 23.6 Å². The maximum absolute atomic E-state index is 11.1. The maximum atomic E-state index is 11.1. The first-order chi connectivity index (χ1) is 7.11. The lowest BCUT2D eigenvalue weighted by atomic mass is 10.3. The second-order valence-electron chi connectivity index (χ2n) is 3.86. The highest BCUT2D eigenvalue weighted by Crippen LogP contribution is 2.24. The molecule has 5 nitrogen and oxygen atoms in total. The molecule has 15 heavy (non-hydrogen) atoms. The molecule has 0 spiro atoms. The second kappa shape index (κ2) is 6.32. The summed E-state index contributed by atoms with van der Waals surface area (Å²) in [7, 11) is 0. The highest BCUT2D eigenvalue weighted by Gasteiger charge is 2.22. The Labute approximate surface area is 94.6 Å². The zero-order chi connectivity index (χ0) is 11.3. The maximum Gasteiger partial charge on any atom is 0.327 e. The number of hydrogen-bond acceptors (Lipinski definition) is 6. The van der Waals surface area contributed by atoms with Gasteiger partial charge in [0.2, 0.25) is 0 Å². The van der Waals surface area contributed by atoms with E-state index in [0.717, 1.165) is 19.6 Å². The number of hydrogen-bond donors (Lipinski definition) is 2. The second-order valence-corrected chi connectivity index (χ2v) is 5.74. The molecule has 0 aromatic carbocycles. The quantitative estimate of drug-likeness (QED) is 0.531. The van der Waals surface area contributed by atoms with Gasteiger partial charge in [-0.3, -0.25) is 4.79 Å². The van der Waals surface area contributed by atoms with Crippen molar-refractivity contribution in [2.75, 3.05) is 19.6 Å². The van der Waals surface area contributed by atoms with E-state index in [1.807, 2.05) is 17.4 Å². The predicted octanol–water partition coefficient (Wildman–Crippen LogP) is 0.124. The van der Waals surface area contributed by atoms with Crippen LogP contribution in [-0.2, 0) is 9.63 Å². The van der Waals surface area contributed by atoms with Gasteiger partial charge in [-0.25, -0.2) is 5.84 Å². The lowest BCUT2D eigenvalue weighted by molar-refractivity contribution is -0.151. The molecule has 0 aliphatic carbocycles. The highest BCUT2D eigenvalue weighted by molar-refractivity contribution is 8.00. The van der Waals surface area contributed by atoms with Crippen LogP contribution in [0.1, 0.15) is 20.3 Å². The van der Waals surface area contributed by atoms with Gasteiger partial charge in [-0.15, -0.1) is 0 Å². The third kappa shape index (κ3) is 4.83. The molecule has 0 amide bonds. The normalized spacial score (nSPS) is 27.7. The van der Waals surface area contributed by atoms with E-state index in [-0.39, 0.29) is 5.97 Å². The Kier molecular flexibility index (Phi) is 5.38. The molecule has 0 radical (unpaired) electrons. The van der Waals surface area contributed by atoms with Crippen LogP contribution in [0.2, 0.25) is 0 Å². The molecule has 3 N–H and O–H groups in total. The molecule has 0 saturated carbocycles. The van der Waals surface area contributed by atoms with E-state index >= 15 is 0 Å². The average Bonchev–Trinajstić information content (AvgIpc) is 2.14. The molecule has 88 valence electrons. The summed E-state index contributed by atoms with van der Waals surface area (Å²) in [6.07, 6.45) is 0.383. The fourth-order valence-electron chi connectivity index (χ4n) is 1.83. The molecule has 1 saturated heterocycles. The predicted molar refractivity (Wildman–Crippen MR) is 61.0 cm³/mol. The van der Waals surface area contributed by atoms with Crippen molar-refractivity contribution in [3.63, 3.8) is 0 Å². The van der Waals surface area contributed by atoms with Crippen molar-refractivity contribution >= 4 is 17.7 Å². The summed E-state index contributed by atoms with van der Waals surface area (Å²) in [5.41, 5.74) is 1.90. The van der Waals surface area contributed by atoms with E-state index in [9.17, 15) is 4.79 Å². The molecule has 2 unspecified atom stereocenters. The Morgan fingerprint density at radius 2 is 2.13 bits per heavy atom. The number of carbonyl (C=O) groups is 1. The van der Waals surface area contributed by atoms with Gasteiger partial charge >= 0.3 is 5.97 Å². The first-order valence-electron chi connectivity index (χ1n) is 5.15. The lowest BCUT2D eigenvalue weighted by Crippen LogP contribution is -2.41. The van der Waals surface area contributed by atoms with E-state index < -0.39 is 0 Å². The van der Waals surface area contributed by atoms with E-state index in [1.165, 1.54) is 0 Å². The van der Waals surface area contributed by atoms with Gasteiger partial charge in [0, 0.05) is 30.1 Å². The lowest BCUT2D eigenvalue weighted by Gasteiger charge is -2.34. The number of hydrazine groups is 1. The van der Waals surface area contributed by atoms with Crippen molar-refractivity contribution in [2.45, 2.75) is 30.8 Å². The van der Waals surface area contributed by atoms with Crippen molar-refractivity contribution in [1.82, 2.24) is 10.5 Å². The third-order valence-corrected chi connectivity index (χ3v) is 3.53. The van der Waals surface area contributed by atoms with Crippen molar-refractivity contribution in [2.24, 2.45) is 5.84 Å². The van der Waals surface area contributed by atoms with Gasteiger partial charge in [-0.1, -0.05) is 19.4 Å². The van der Waals surface area contributed by atoms with Gasteiger partial charge in [-0.05, 0) is 0 Å². The molecule has 1 aliphatic heterocycles. The van der Waals surface area contributed by atoms with Crippen LogP contribution in [0.15, 0.2) is 0 Å². The number of nitrogens with one attached hydrogen (secondary N) is 1. The van der Waals surface area contributed by atoms with Crippen LogP contribution in [-0.4, -0.2) is 41.0 Å². The van der Waals surface area contributed by atoms with Gasteiger partial charge < -0.3 is 9.74 Å². The molecular formula is C9H19N3O2S. The zero-order valence-electron chi connectivity index (χ0n) is 9.23. The first kappa shape index (κ1) is 12.8. The van der Waals surface area contributed by atoms with E-state index in [0.29, 0.717) is 16.9 Å². The highest BCUT2D eigenvalue weighted by atomic mass is 32.2. The van der Waals surface area contributed by atoms with Gasteiger partial charge in [0.25, 0.3) is 0 Å². The monoisotopic (exact) mass is 233 g/mol. The fourth-order valence-corrected chi connectivity index (χ4v) is 3.22. The summed E-state index contributed by atoms with van der Waals surface area (Å²) < 4.78 is 0. The smallest absolute Gasteiger partial charge is 0.327 e. The average molecular weight is 233 g/mol. The van der Waals surface area contributed by atoms with Crippen LogP contribution in [0.3, 0.4) is 0 Å². The molecular weight excluding hydrogens is 214 g/mol. The summed E-state index contributed by atoms with van der Waals surface area (Å²) in [5.74, 6) is 4.56. The summed E-state index contributed by atoms with van der Waals surface area (Å²) in [6.45, 7) is 7.26. The number of thioether (sulfide) groups is 1. The molecule has 1 fully saturated rings. The van der Waals surface area contributed by atoms with E-state index in [4.69, 9.17) is 5.84 Å². The summed E-state index contributed by atoms with van der Waals surface area (Å²) in [6, 6.07) is 0. The van der Waals surface area contributed by atoms with Crippen LogP contribution < -0.4 is 11.4 Å². The zero-order valence-corrected chi connectivity index (χ0v) is 10.0. The van der Waals surface area contributed by atoms with Crippen molar-refractivity contribution < 1.29 is 9.63 Å². The Hall–Kier alpha value is -0.300. The molecule has 6 heteroatoms. The van der Waals surface area contributed by atoms with Crippen molar-refractivity contribution in [3.05, 3.63) is 0 Å². The standard InChI is InChI=1S/C9H19N3O2S/c1-7-5-12(6-8(2)15-7)4-3-9(13)14-11-10/h7-8,11H,3-6,10H2,1-2H3. The van der Waals surface area contributed by atoms with Gasteiger partial charge in [-0.2, -0.15) is 11.8 Å². The third-order valence-electron chi connectivity index (χ3n) is 2.30. The van der Waals surface area contributed by atoms with Gasteiger partial charge in [0.05, 0.1) is 6.42 Å². The Balaban J connectivity index is 2.23. The van der Waals surface area contributed by atoms with E-state index in [1.54, 1.807) is 0 Å². The number of rotatable bonds is 4. The van der Waals surface area contributed by atoms with Crippen LogP contribution in [0.25, 0.3) is 0 Å². The first-order valence-corrected chi connectivity index (χ1v) is 6.09. The van der Waals surface area contributed by atoms with Crippen molar-refractivity contribution in [3.8, 4) is 0 Å². The largest absolute Gasteiger partial charge is 0.356 e. The molecule has 0 aromatic rings. The molecule has 2 atom stereocenters. The Morgan fingerprint density at radius 1 is 1.53 bits per heavy atom. The Morgan fingerprint density at radius 3 is 2.67 bits per heavy atom. The number of carbonyl (C=O) groups excluding carboxylic acids is 1. The SMILES string of the molecule is CC1CN(CCC(=O)ONN)CC(C)S1. The molecule has 1 aliphatic rings. The Bertz CT molecular complexity index is 206. The molecule has 1 heterocycles. The summed E-state index contributed by atoms with van der Waals surface area (Å²) >= 11 is 2.00. The van der Waals surface area contributed by atoms with Crippen LogP contribution in [0.5, 0.6) is 0 Å². The summed E-state index contributed by atoms with van der Waals surface area (Å²) in [5, 5.41) is 1.27. The minimum atomic E-state index is -0.309. The molecule has 0 bridgehead atoms. The number of nitrogens with two attached hydrogens (primary N) is 1. The van der Waals surface area contributed by atoms with Gasteiger partial charge in [0.1, 0.15) is 0 Å². The summed E-state index contributed by atoms with van der Waals surface area (Å²) in [4.78, 5) is 17.8. The number of nitrogens with zero attached hydrogens (tertiary/aromatic N) is 1. The minimum absolute atomic E-state index is 0.309. The fraction of sp³-hybridized carbons (Fsp3) is 0.889. The molecule has 1 rings (SSSR count). The van der Waals surface area contributed by atoms with Crippen LogP contribution >= 0.6 is 11.8 Å². The van der Waals surface area contributed by atoms with Crippen molar-refractivity contribution in [1.29, 1.82) is 0 Å². The molecule has 0 aromatic heterocycles.